The van der Waals surface area contributed by atoms with E-state index in [1.54, 1.807) is 0 Å². The molecule has 0 aliphatic carbocycles. The maximum atomic E-state index is 4.49. The minimum atomic E-state index is 0.371. The third kappa shape index (κ3) is 1.35. The Kier molecular flexibility index (Phi) is 1.90. The summed E-state index contributed by atoms with van der Waals surface area (Å²) in [6, 6.07) is 17.4. The van der Waals surface area contributed by atoms with Crippen LogP contribution in [0.3, 0.4) is 0 Å². The fraction of sp³-hybridized carbons (Fsp3) is 0. The second-order valence-electron chi connectivity index (χ2n) is 4.15. The van der Waals surface area contributed by atoms with Gasteiger partial charge in [0.15, 0.2) is 0 Å². The molecule has 2 heteroatoms. The first-order valence-corrected chi connectivity index (χ1v) is 7.29. The Morgan fingerprint density at radius 3 is 2.53 bits per heavy atom. The molecule has 0 fully saturated rings. The van der Waals surface area contributed by atoms with Gasteiger partial charge in [0.05, 0.1) is 0 Å². The first-order valence-electron chi connectivity index (χ1n) is 5.58. The second kappa shape index (κ2) is 3.43. The van der Waals surface area contributed by atoms with Crippen LogP contribution >= 0.6 is 0 Å². The summed E-state index contributed by atoms with van der Waals surface area (Å²) >= 11 is 0.371. The van der Waals surface area contributed by atoms with Crippen molar-refractivity contribution in [1.29, 1.82) is 0 Å². The van der Waals surface area contributed by atoms with Crippen LogP contribution in [-0.2, 0) is 0 Å². The number of fused-ring (bicyclic) bond motifs is 4. The molecule has 0 radical (unpaired) electrons. The molecule has 0 aliphatic heterocycles. The molecule has 0 amide bonds. The maximum absolute atomic E-state index is 4.49. The first-order chi connectivity index (χ1) is 8.42. The van der Waals surface area contributed by atoms with Crippen molar-refractivity contribution in [2.75, 3.05) is 0 Å². The summed E-state index contributed by atoms with van der Waals surface area (Å²) < 4.78 is 2.73. The molecule has 17 heavy (non-hydrogen) atoms. The van der Waals surface area contributed by atoms with Crippen molar-refractivity contribution in [2.24, 2.45) is 0 Å². The zero-order valence-electron chi connectivity index (χ0n) is 9.05. The van der Waals surface area contributed by atoms with E-state index >= 15 is 0 Å². The van der Waals surface area contributed by atoms with E-state index in [-0.39, 0.29) is 0 Å². The van der Waals surface area contributed by atoms with Crippen LogP contribution in [0.2, 0.25) is 0 Å². The Morgan fingerprint density at radius 1 is 0.824 bits per heavy atom. The molecule has 0 N–H and O–H groups in total. The molecule has 2 aromatic carbocycles. The summed E-state index contributed by atoms with van der Waals surface area (Å²) in [6.45, 7) is 0. The quantitative estimate of drug-likeness (QED) is 0.449. The molecule has 80 valence electrons. The molecule has 0 aliphatic rings. The number of hydrogen-bond donors (Lipinski definition) is 0. The molecule has 1 nitrogen and oxygen atoms in total. The summed E-state index contributed by atoms with van der Waals surface area (Å²) in [6.07, 6.45) is 1.90. The Hall–Kier alpha value is -1.63. The van der Waals surface area contributed by atoms with Crippen LogP contribution in [0.15, 0.2) is 54.7 Å². The van der Waals surface area contributed by atoms with Crippen molar-refractivity contribution in [1.82, 2.24) is 4.98 Å². The molecule has 4 aromatic rings. The SMILES string of the molecule is c1ccc2cc3c(cc2c1)[se]c1ncccc13. The first kappa shape index (κ1) is 9.40. The average molecular weight is 282 g/mol. The van der Waals surface area contributed by atoms with Gasteiger partial charge in [-0.2, -0.15) is 0 Å². The number of hydrogen-bond acceptors (Lipinski definition) is 1. The molecule has 2 aromatic heterocycles. The van der Waals surface area contributed by atoms with Gasteiger partial charge in [0.2, 0.25) is 0 Å². The van der Waals surface area contributed by atoms with Crippen molar-refractivity contribution in [2.45, 2.75) is 0 Å². The van der Waals surface area contributed by atoms with E-state index < -0.39 is 0 Å². The monoisotopic (exact) mass is 283 g/mol. The Morgan fingerprint density at radius 2 is 1.65 bits per heavy atom. The summed E-state index contributed by atoms with van der Waals surface area (Å²) in [5, 5.41) is 5.36. The average Bonchev–Trinajstić information content (AvgIpc) is 2.73. The molecule has 0 spiro atoms. The van der Waals surface area contributed by atoms with Gasteiger partial charge in [-0.15, -0.1) is 0 Å². The normalized spacial score (nSPS) is 11.5. The van der Waals surface area contributed by atoms with E-state index in [0.717, 1.165) is 0 Å². The van der Waals surface area contributed by atoms with E-state index in [9.17, 15) is 0 Å². The third-order valence-corrected chi connectivity index (χ3v) is 5.37. The van der Waals surface area contributed by atoms with Crippen molar-refractivity contribution in [3.63, 3.8) is 0 Å². The van der Waals surface area contributed by atoms with Crippen molar-refractivity contribution in [3.05, 3.63) is 54.7 Å². The van der Waals surface area contributed by atoms with Gasteiger partial charge < -0.3 is 0 Å². The van der Waals surface area contributed by atoms with Crippen LogP contribution in [-0.4, -0.2) is 19.5 Å². The minimum absolute atomic E-state index is 0.371. The summed E-state index contributed by atoms with van der Waals surface area (Å²) in [5.41, 5.74) is 0. The standard InChI is InChI=1S/C15H9NSe/c1-2-5-11-9-14-13(8-10(11)4-1)12-6-3-7-16-15(12)17-14/h1-9H. The van der Waals surface area contributed by atoms with Gasteiger partial charge in [-0.25, -0.2) is 0 Å². The third-order valence-electron chi connectivity index (χ3n) is 3.12. The van der Waals surface area contributed by atoms with Gasteiger partial charge in [-0.1, -0.05) is 0 Å². The van der Waals surface area contributed by atoms with E-state index in [0.29, 0.717) is 14.5 Å². The topological polar surface area (TPSA) is 12.9 Å². The Labute approximate surface area is 104 Å². The molecule has 2 heterocycles. The van der Waals surface area contributed by atoms with Crippen LogP contribution in [0.25, 0.3) is 30.2 Å². The van der Waals surface area contributed by atoms with Crippen LogP contribution in [0.1, 0.15) is 0 Å². The molecule has 0 bridgehead atoms. The fourth-order valence-corrected chi connectivity index (χ4v) is 4.55. The number of nitrogens with zero attached hydrogens (tertiary/aromatic N) is 1. The van der Waals surface area contributed by atoms with Crippen LogP contribution in [0.4, 0.5) is 0 Å². The fourth-order valence-electron chi connectivity index (χ4n) is 2.30. The van der Waals surface area contributed by atoms with Gasteiger partial charge in [0.25, 0.3) is 0 Å². The van der Waals surface area contributed by atoms with Gasteiger partial charge >= 0.3 is 104 Å². The van der Waals surface area contributed by atoms with Crippen LogP contribution in [0, 0.1) is 0 Å². The number of benzene rings is 2. The van der Waals surface area contributed by atoms with Crippen LogP contribution in [0.5, 0.6) is 0 Å². The van der Waals surface area contributed by atoms with Gasteiger partial charge in [0, 0.05) is 0 Å². The zero-order chi connectivity index (χ0) is 11.2. The van der Waals surface area contributed by atoms with Gasteiger partial charge in [-0.3, -0.25) is 0 Å². The van der Waals surface area contributed by atoms with E-state index in [1.165, 1.54) is 30.2 Å². The van der Waals surface area contributed by atoms with Gasteiger partial charge in [-0.05, 0) is 0 Å². The summed E-state index contributed by atoms with van der Waals surface area (Å²) in [5.74, 6) is 0. The molecule has 0 unspecified atom stereocenters. The predicted molar refractivity (Wildman–Crippen MR) is 73.7 cm³/mol. The van der Waals surface area contributed by atoms with E-state index in [2.05, 4.69) is 47.4 Å². The van der Waals surface area contributed by atoms with Gasteiger partial charge in [0.1, 0.15) is 0 Å². The molecule has 0 saturated carbocycles. The molecule has 4 rings (SSSR count). The van der Waals surface area contributed by atoms with Crippen molar-refractivity contribution >= 4 is 44.7 Å². The van der Waals surface area contributed by atoms with E-state index in [4.69, 9.17) is 0 Å². The Bertz CT molecular complexity index is 839. The predicted octanol–water partition coefficient (Wildman–Crippen LogP) is 3.60. The molecule has 0 atom stereocenters. The summed E-state index contributed by atoms with van der Waals surface area (Å²) in [4.78, 5) is 4.49. The zero-order valence-corrected chi connectivity index (χ0v) is 10.8. The molecular formula is C15H9NSe. The Balaban J connectivity index is 2.28. The van der Waals surface area contributed by atoms with E-state index in [1.807, 2.05) is 12.3 Å². The molecular weight excluding hydrogens is 273 g/mol. The number of aromatic nitrogens is 1. The van der Waals surface area contributed by atoms with Crippen molar-refractivity contribution in [3.8, 4) is 0 Å². The second-order valence-corrected chi connectivity index (χ2v) is 6.32. The summed E-state index contributed by atoms with van der Waals surface area (Å²) in [7, 11) is 0. The number of rotatable bonds is 0. The molecule has 0 saturated heterocycles. The van der Waals surface area contributed by atoms with Crippen molar-refractivity contribution < 1.29 is 0 Å². The number of pyridine rings is 1. The van der Waals surface area contributed by atoms with Crippen LogP contribution < -0.4 is 0 Å².